The molecule has 0 aliphatic carbocycles. The van der Waals surface area contributed by atoms with Gasteiger partial charge in [0.25, 0.3) is 0 Å². The highest BCUT2D eigenvalue weighted by Gasteiger charge is 2.08. The summed E-state index contributed by atoms with van der Waals surface area (Å²) >= 11 is 0. The number of pyridine rings is 1. The first-order valence-corrected chi connectivity index (χ1v) is 7.93. The Bertz CT molecular complexity index is 862. The zero-order valence-electron chi connectivity index (χ0n) is 14.1. The van der Waals surface area contributed by atoms with Gasteiger partial charge in [-0.1, -0.05) is 6.07 Å². The smallest absolute Gasteiger partial charge is 0.226 e. The normalized spacial score (nSPS) is 10.5. The van der Waals surface area contributed by atoms with Crippen LogP contribution in [0.25, 0.3) is 0 Å². The third kappa shape index (κ3) is 4.63. The minimum absolute atomic E-state index is 0.0982. The van der Waals surface area contributed by atoms with E-state index < -0.39 is 0 Å². The molecule has 1 aromatic carbocycles. The van der Waals surface area contributed by atoms with Crippen molar-refractivity contribution in [1.82, 2.24) is 19.7 Å². The molecule has 0 bridgehead atoms. The molecular weight excluding hydrogens is 318 g/mol. The Morgan fingerprint density at radius 2 is 2.12 bits per heavy atom. The van der Waals surface area contributed by atoms with Gasteiger partial charge in [0.15, 0.2) is 0 Å². The molecule has 128 valence electrons. The van der Waals surface area contributed by atoms with Crippen molar-refractivity contribution < 1.29 is 9.53 Å². The first-order chi connectivity index (χ1) is 12.1. The van der Waals surface area contributed by atoms with E-state index in [2.05, 4.69) is 20.4 Å². The number of nitrogens with zero attached hydrogens (tertiary/aromatic N) is 4. The second-order valence-electron chi connectivity index (χ2n) is 5.71. The van der Waals surface area contributed by atoms with Gasteiger partial charge in [-0.2, -0.15) is 5.10 Å². The number of hydrogen-bond donors (Lipinski definition) is 1. The van der Waals surface area contributed by atoms with Crippen LogP contribution in [-0.2, 0) is 11.3 Å². The lowest BCUT2D eigenvalue weighted by Gasteiger charge is -2.11. The van der Waals surface area contributed by atoms with Gasteiger partial charge in [0.2, 0.25) is 11.8 Å². The van der Waals surface area contributed by atoms with E-state index in [0.717, 1.165) is 11.1 Å². The molecule has 3 rings (SSSR count). The Balaban J connectivity index is 1.65. The molecule has 1 N–H and O–H groups in total. The average Bonchev–Trinajstić information content (AvgIpc) is 3.10. The van der Waals surface area contributed by atoms with Gasteiger partial charge >= 0.3 is 0 Å². The van der Waals surface area contributed by atoms with Crippen LogP contribution in [0.2, 0.25) is 0 Å². The van der Waals surface area contributed by atoms with Gasteiger partial charge in [0.05, 0.1) is 6.54 Å². The van der Waals surface area contributed by atoms with E-state index in [4.69, 9.17) is 4.74 Å². The molecule has 0 unspecified atom stereocenters. The fraction of sp³-hybridized carbons (Fsp3) is 0.222. The number of ether oxygens (including phenoxy) is 1. The molecule has 1 amide bonds. The number of carbonyl (C=O) groups excluding carboxylic acids is 1. The van der Waals surface area contributed by atoms with Crippen LogP contribution >= 0.6 is 0 Å². The van der Waals surface area contributed by atoms with Crippen molar-refractivity contribution in [3.05, 3.63) is 60.3 Å². The molecule has 0 saturated carbocycles. The summed E-state index contributed by atoms with van der Waals surface area (Å²) in [6, 6.07) is 9.32. The SMILES string of the molecule is Cc1ccnc(Oc2cc(NC(=O)CCn3cncn3)ccc2C)c1. The minimum Gasteiger partial charge on any atom is -0.439 e. The van der Waals surface area contributed by atoms with Crippen LogP contribution in [0.5, 0.6) is 11.6 Å². The number of aromatic nitrogens is 4. The van der Waals surface area contributed by atoms with Crippen LogP contribution in [0.1, 0.15) is 17.5 Å². The first kappa shape index (κ1) is 16.6. The van der Waals surface area contributed by atoms with Crippen LogP contribution in [0.3, 0.4) is 0 Å². The number of rotatable bonds is 6. The molecule has 0 aliphatic heterocycles. The van der Waals surface area contributed by atoms with Gasteiger partial charge in [-0.3, -0.25) is 9.48 Å². The molecule has 0 fully saturated rings. The molecule has 0 spiro atoms. The Morgan fingerprint density at radius 3 is 2.88 bits per heavy atom. The number of amides is 1. The zero-order chi connectivity index (χ0) is 17.6. The molecule has 0 radical (unpaired) electrons. The Labute approximate surface area is 145 Å². The van der Waals surface area contributed by atoms with Crippen LogP contribution in [0, 0.1) is 13.8 Å². The number of aryl methyl sites for hydroxylation is 3. The molecular formula is C18H19N5O2. The molecule has 25 heavy (non-hydrogen) atoms. The number of benzene rings is 1. The van der Waals surface area contributed by atoms with Gasteiger partial charge in [-0.05, 0) is 37.1 Å². The zero-order valence-corrected chi connectivity index (χ0v) is 14.1. The van der Waals surface area contributed by atoms with E-state index in [1.807, 2.05) is 38.1 Å². The predicted molar refractivity (Wildman–Crippen MR) is 93.5 cm³/mol. The third-order valence-corrected chi connectivity index (χ3v) is 3.61. The summed E-state index contributed by atoms with van der Waals surface area (Å²) in [6.45, 7) is 4.41. The summed E-state index contributed by atoms with van der Waals surface area (Å²) < 4.78 is 7.46. The van der Waals surface area contributed by atoms with Crippen LogP contribution < -0.4 is 10.1 Å². The lowest BCUT2D eigenvalue weighted by Crippen LogP contribution is -2.14. The summed E-state index contributed by atoms with van der Waals surface area (Å²) in [4.78, 5) is 20.1. The van der Waals surface area contributed by atoms with Gasteiger partial charge in [-0.25, -0.2) is 9.97 Å². The maximum atomic E-state index is 12.1. The van der Waals surface area contributed by atoms with Crippen molar-refractivity contribution in [2.24, 2.45) is 0 Å². The molecule has 0 saturated heterocycles. The first-order valence-electron chi connectivity index (χ1n) is 7.93. The lowest BCUT2D eigenvalue weighted by atomic mass is 10.2. The highest BCUT2D eigenvalue weighted by Crippen LogP contribution is 2.27. The topological polar surface area (TPSA) is 81.9 Å². The van der Waals surface area contributed by atoms with Crippen molar-refractivity contribution in [3.8, 4) is 11.6 Å². The van der Waals surface area contributed by atoms with Gasteiger partial charge in [0, 0.05) is 30.4 Å². The molecule has 0 atom stereocenters. The lowest BCUT2D eigenvalue weighted by molar-refractivity contribution is -0.116. The van der Waals surface area contributed by atoms with E-state index in [1.54, 1.807) is 23.3 Å². The predicted octanol–water partition coefficient (Wildman–Crippen LogP) is 3.11. The summed E-state index contributed by atoms with van der Waals surface area (Å²) in [7, 11) is 0. The maximum Gasteiger partial charge on any atom is 0.226 e. The van der Waals surface area contributed by atoms with E-state index in [0.29, 0.717) is 30.3 Å². The molecule has 2 heterocycles. The standard InChI is InChI=1S/C18H19N5O2/c1-13-5-7-20-18(9-13)25-16-10-15(4-3-14(16)2)22-17(24)6-8-23-12-19-11-21-23/h3-5,7,9-12H,6,8H2,1-2H3,(H,22,24). The third-order valence-electron chi connectivity index (χ3n) is 3.61. The fourth-order valence-corrected chi connectivity index (χ4v) is 2.25. The summed E-state index contributed by atoms with van der Waals surface area (Å²) in [5, 5.41) is 6.84. The number of anilines is 1. The Kier molecular flexibility index (Phi) is 5.03. The second kappa shape index (κ2) is 7.57. The molecule has 7 heteroatoms. The van der Waals surface area contributed by atoms with Crippen molar-refractivity contribution >= 4 is 11.6 Å². The Morgan fingerprint density at radius 1 is 1.24 bits per heavy atom. The van der Waals surface area contributed by atoms with Crippen LogP contribution in [0.4, 0.5) is 5.69 Å². The van der Waals surface area contributed by atoms with Crippen molar-refractivity contribution in [2.45, 2.75) is 26.8 Å². The van der Waals surface area contributed by atoms with E-state index in [-0.39, 0.29) is 5.91 Å². The van der Waals surface area contributed by atoms with Crippen LogP contribution in [0.15, 0.2) is 49.2 Å². The van der Waals surface area contributed by atoms with Gasteiger partial charge < -0.3 is 10.1 Å². The summed E-state index contributed by atoms with van der Waals surface area (Å²) in [5.74, 6) is 1.09. The average molecular weight is 337 g/mol. The number of carbonyl (C=O) groups is 1. The second-order valence-corrected chi connectivity index (χ2v) is 5.71. The molecule has 7 nitrogen and oxygen atoms in total. The quantitative estimate of drug-likeness (QED) is 0.747. The van der Waals surface area contributed by atoms with Gasteiger partial charge in [0.1, 0.15) is 18.4 Å². The largest absolute Gasteiger partial charge is 0.439 e. The minimum atomic E-state index is -0.0982. The van der Waals surface area contributed by atoms with E-state index in [9.17, 15) is 4.79 Å². The van der Waals surface area contributed by atoms with Crippen molar-refractivity contribution in [3.63, 3.8) is 0 Å². The fourth-order valence-electron chi connectivity index (χ4n) is 2.25. The molecule has 2 aromatic heterocycles. The highest BCUT2D eigenvalue weighted by molar-refractivity contribution is 5.90. The van der Waals surface area contributed by atoms with Crippen LogP contribution in [-0.4, -0.2) is 25.7 Å². The van der Waals surface area contributed by atoms with E-state index in [1.165, 1.54) is 6.33 Å². The number of nitrogens with one attached hydrogen (secondary N) is 1. The summed E-state index contributed by atoms with van der Waals surface area (Å²) in [5.41, 5.74) is 2.71. The van der Waals surface area contributed by atoms with Gasteiger partial charge in [-0.15, -0.1) is 0 Å². The summed E-state index contributed by atoms with van der Waals surface area (Å²) in [6.07, 6.45) is 5.05. The van der Waals surface area contributed by atoms with E-state index >= 15 is 0 Å². The monoisotopic (exact) mass is 337 g/mol. The highest BCUT2D eigenvalue weighted by atomic mass is 16.5. The Hall–Kier alpha value is -3.22. The van der Waals surface area contributed by atoms with Crippen molar-refractivity contribution in [1.29, 1.82) is 0 Å². The molecule has 0 aliphatic rings. The van der Waals surface area contributed by atoms with Crippen molar-refractivity contribution in [2.75, 3.05) is 5.32 Å². The maximum absolute atomic E-state index is 12.1. The number of hydrogen-bond acceptors (Lipinski definition) is 5. The molecule has 3 aromatic rings.